The van der Waals surface area contributed by atoms with Crippen LogP contribution in [-0.2, 0) is 4.79 Å². The molecule has 2 N–H and O–H groups in total. The van der Waals surface area contributed by atoms with Gasteiger partial charge in [-0.15, -0.1) is 0 Å². The number of imide groups is 1. The van der Waals surface area contributed by atoms with Gasteiger partial charge >= 0.3 is 6.03 Å². The van der Waals surface area contributed by atoms with Crippen molar-refractivity contribution in [3.05, 3.63) is 28.8 Å². The third-order valence-corrected chi connectivity index (χ3v) is 7.71. The Labute approximate surface area is 207 Å². The normalized spacial score (nSPS) is 20.7. The van der Waals surface area contributed by atoms with Crippen molar-refractivity contribution in [1.29, 1.82) is 0 Å². The summed E-state index contributed by atoms with van der Waals surface area (Å²) >= 11 is 6.32. The van der Waals surface area contributed by atoms with Crippen molar-refractivity contribution in [3.63, 3.8) is 0 Å². The van der Waals surface area contributed by atoms with Crippen LogP contribution in [0.2, 0.25) is 5.02 Å². The highest BCUT2D eigenvalue weighted by Gasteiger charge is 2.28. The van der Waals surface area contributed by atoms with Gasteiger partial charge in [0.1, 0.15) is 0 Å². The zero-order valence-corrected chi connectivity index (χ0v) is 20.8. The minimum Gasteiger partial charge on any atom is -0.339 e. The lowest BCUT2D eigenvalue weighted by Crippen LogP contribution is -2.49. The van der Waals surface area contributed by atoms with Crippen LogP contribution in [0, 0.1) is 11.8 Å². The first kappa shape index (κ1) is 24.9. The molecular formula is C25H36ClN5O3. The SMILES string of the molecule is CN(CCC1CCN(C(=O)c2ccc(Cl)c(N3CCC(=O)NC3=O)c2)CC1)CC1CCNCC1. The molecule has 1 aromatic carbocycles. The van der Waals surface area contributed by atoms with Crippen molar-refractivity contribution >= 4 is 35.1 Å². The number of hydrogen-bond acceptors (Lipinski definition) is 5. The maximum absolute atomic E-state index is 13.2. The van der Waals surface area contributed by atoms with E-state index in [1.54, 1.807) is 18.2 Å². The van der Waals surface area contributed by atoms with Gasteiger partial charge in [-0.1, -0.05) is 11.6 Å². The van der Waals surface area contributed by atoms with Gasteiger partial charge in [0.15, 0.2) is 0 Å². The third-order valence-electron chi connectivity index (χ3n) is 7.39. The largest absolute Gasteiger partial charge is 0.339 e. The van der Waals surface area contributed by atoms with Crippen molar-refractivity contribution in [2.45, 2.75) is 38.5 Å². The second-order valence-corrected chi connectivity index (χ2v) is 10.3. The first-order valence-corrected chi connectivity index (χ1v) is 12.9. The molecule has 3 fully saturated rings. The van der Waals surface area contributed by atoms with Gasteiger partial charge in [0, 0.05) is 38.2 Å². The molecule has 34 heavy (non-hydrogen) atoms. The molecule has 0 spiro atoms. The lowest BCUT2D eigenvalue weighted by Gasteiger charge is -2.34. The summed E-state index contributed by atoms with van der Waals surface area (Å²) in [5, 5.41) is 6.12. The van der Waals surface area contributed by atoms with E-state index in [0.717, 1.165) is 51.5 Å². The van der Waals surface area contributed by atoms with E-state index in [9.17, 15) is 14.4 Å². The van der Waals surface area contributed by atoms with Gasteiger partial charge in [-0.25, -0.2) is 4.79 Å². The Morgan fingerprint density at radius 1 is 1.09 bits per heavy atom. The monoisotopic (exact) mass is 489 g/mol. The van der Waals surface area contributed by atoms with Gasteiger partial charge in [0.05, 0.1) is 10.7 Å². The number of halogens is 1. The van der Waals surface area contributed by atoms with Gasteiger partial charge in [0.25, 0.3) is 5.91 Å². The summed E-state index contributed by atoms with van der Waals surface area (Å²) in [6.07, 6.45) is 5.97. The third kappa shape index (κ3) is 6.29. The molecule has 0 saturated carbocycles. The molecule has 0 aromatic heterocycles. The Kier molecular flexibility index (Phi) is 8.45. The van der Waals surface area contributed by atoms with Crippen LogP contribution in [0.5, 0.6) is 0 Å². The molecule has 0 unspecified atom stereocenters. The summed E-state index contributed by atoms with van der Waals surface area (Å²) in [6, 6.07) is 4.53. The Balaban J connectivity index is 1.27. The summed E-state index contributed by atoms with van der Waals surface area (Å²) in [6.45, 7) is 6.33. The van der Waals surface area contributed by atoms with Crippen LogP contribution < -0.4 is 15.5 Å². The number of urea groups is 1. The van der Waals surface area contributed by atoms with E-state index >= 15 is 0 Å². The molecule has 9 heteroatoms. The molecule has 3 heterocycles. The zero-order chi connectivity index (χ0) is 24.1. The molecule has 4 amide bonds. The lowest BCUT2D eigenvalue weighted by molar-refractivity contribution is -0.120. The number of benzene rings is 1. The van der Waals surface area contributed by atoms with Gasteiger partial charge in [-0.2, -0.15) is 0 Å². The number of piperidine rings is 2. The number of nitrogens with one attached hydrogen (secondary N) is 2. The van der Waals surface area contributed by atoms with E-state index < -0.39 is 6.03 Å². The zero-order valence-electron chi connectivity index (χ0n) is 20.0. The number of hydrogen-bond donors (Lipinski definition) is 2. The highest BCUT2D eigenvalue weighted by Crippen LogP contribution is 2.30. The first-order valence-electron chi connectivity index (χ1n) is 12.5. The molecule has 1 aromatic rings. The number of carbonyl (C=O) groups excluding carboxylic acids is 3. The molecule has 3 aliphatic rings. The van der Waals surface area contributed by atoms with E-state index in [-0.39, 0.29) is 24.8 Å². The molecule has 0 aliphatic carbocycles. The molecule has 3 aliphatic heterocycles. The predicted molar refractivity (Wildman–Crippen MR) is 133 cm³/mol. The Morgan fingerprint density at radius 2 is 1.82 bits per heavy atom. The average Bonchev–Trinajstić information content (AvgIpc) is 2.84. The van der Waals surface area contributed by atoms with E-state index in [4.69, 9.17) is 11.6 Å². The van der Waals surface area contributed by atoms with E-state index in [0.29, 0.717) is 22.2 Å². The molecule has 8 nitrogen and oxygen atoms in total. The van der Waals surface area contributed by atoms with Gasteiger partial charge in [-0.05, 0) is 88.8 Å². The summed E-state index contributed by atoms with van der Waals surface area (Å²) in [5.74, 6) is 1.12. The Morgan fingerprint density at radius 3 is 2.53 bits per heavy atom. The number of carbonyl (C=O) groups is 3. The lowest BCUT2D eigenvalue weighted by atomic mass is 9.92. The fraction of sp³-hybridized carbons (Fsp3) is 0.640. The van der Waals surface area contributed by atoms with Gasteiger partial charge < -0.3 is 15.1 Å². The van der Waals surface area contributed by atoms with Crippen LogP contribution in [0.3, 0.4) is 0 Å². The van der Waals surface area contributed by atoms with Crippen molar-refractivity contribution in [3.8, 4) is 0 Å². The van der Waals surface area contributed by atoms with Crippen molar-refractivity contribution in [2.24, 2.45) is 11.8 Å². The van der Waals surface area contributed by atoms with Crippen molar-refractivity contribution in [2.75, 3.05) is 57.8 Å². The second kappa shape index (κ2) is 11.5. The van der Waals surface area contributed by atoms with Crippen molar-refractivity contribution in [1.82, 2.24) is 20.4 Å². The maximum atomic E-state index is 13.2. The van der Waals surface area contributed by atoms with Crippen LogP contribution in [0.15, 0.2) is 18.2 Å². The maximum Gasteiger partial charge on any atom is 0.328 e. The minimum atomic E-state index is -0.506. The van der Waals surface area contributed by atoms with E-state index in [2.05, 4.69) is 22.6 Å². The summed E-state index contributed by atoms with van der Waals surface area (Å²) in [4.78, 5) is 42.7. The second-order valence-electron chi connectivity index (χ2n) is 9.90. The van der Waals surface area contributed by atoms with Gasteiger partial charge in [0.2, 0.25) is 5.91 Å². The van der Waals surface area contributed by atoms with Crippen LogP contribution in [0.1, 0.15) is 48.9 Å². The molecule has 3 saturated heterocycles. The smallest absolute Gasteiger partial charge is 0.328 e. The van der Waals surface area contributed by atoms with E-state index in [1.807, 2.05) is 4.90 Å². The standard InChI is InChI=1S/C25H36ClN5O3/c1-29(17-19-4-10-27-11-5-19)12-6-18-7-13-30(14-8-18)24(33)20-2-3-21(26)22(16-20)31-15-9-23(32)28-25(31)34/h2-3,16,18-19,27H,4-15,17H2,1H3,(H,28,32,34). The average molecular weight is 490 g/mol. The summed E-state index contributed by atoms with van der Waals surface area (Å²) in [7, 11) is 2.23. The first-order chi connectivity index (χ1) is 16.4. The van der Waals surface area contributed by atoms with Crippen molar-refractivity contribution < 1.29 is 14.4 Å². The quantitative estimate of drug-likeness (QED) is 0.615. The molecule has 0 radical (unpaired) electrons. The minimum absolute atomic E-state index is 0.0344. The predicted octanol–water partition coefficient (Wildman–Crippen LogP) is 2.96. The van der Waals surface area contributed by atoms with Crippen LogP contribution in [0.4, 0.5) is 10.5 Å². The van der Waals surface area contributed by atoms with Gasteiger partial charge in [-0.3, -0.25) is 19.8 Å². The number of amides is 4. The molecule has 4 rings (SSSR count). The number of rotatable bonds is 7. The van der Waals surface area contributed by atoms with E-state index in [1.165, 1.54) is 30.7 Å². The number of nitrogens with zero attached hydrogens (tertiary/aromatic N) is 3. The summed E-state index contributed by atoms with van der Waals surface area (Å²) < 4.78 is 0. The topological polar surface area (TPSA) is 85.0 Å². The fourth-order valence-electron chi connectivity index (χ4n) is 5.25. The Hall–Kier alpha value is -2.16. The van der Waals surface area contributed by atoms with Crippen LogP contribution >= 0.6 is 11.6 Å². The summed E-state index contributed by atoms with van der Waals surface area (Å²) in [5.41, 5.74) is 0.980. The highest BCUT2D eigenvalue weighted by molar-refractivity contribution is 6.34. The molecule has 0 atom stereocenters. The molecule has 0 bridgehead atoms. The Bertz CT molecular complexity index is 897. The van der Waals surface area contributed by atoms with Crippen LogP contribution in [0.25, 0.3) is 0 Å². The molecule has 186 valence electrons. The fourth-order valence-corrected chi connectivity index (χ4v) is 5.47. The number of likely N-dealkylation sites (tertiary alicyclic amines) is 1. The highest BCUT2D eigenvalue weighted by atomic mass is 35.5. The van der Waals surface area contributed by atoms with Crippen LogP contribution in [-0.4, -0.2) is 80.5 Å². The molecular weight excluding hydrogens is 454 g/mol. The number of anilines is 1.